The van der Waals surface area contributed by atoms with Crippen LogP contribution in [0.4, 0.5) is 22.0 Å². The van der Waals surface area contributed by atoms with Crippen LogP contribution in [0.15, 0.2) is 36.7 Å². The lowest BCUT2D eigenvalue weighted by Gasteiger charge is -2.19. The molecule has 0 aromatic rings. The highest BCUT2D eigenvalue weighted by molar-refractivity contribution is 5.18. The van der Waals surface area contributed by atoms with E-state index in [4.69, 9.17) is 0 Å². The molecule has 0 unspecified atom stereocenters. The number of alkyl halides is 5. The first-order chi connectivity index (χ1) is 7.74. The molecule has 0 heterocycles. The van der Waals surface area contributed by atoms with Gasteiger partial charge >= 0.3 is 12.1 Å². The van der Waals surface area contributed by atoms with Gasteiger partial charge in [-0.25, -0.2) is 0 Å². The van der Waals surface area contributed by atoms with E-state index in [1.165, 1.54) is 24.6 Å². The molecular formula is C11H14F5N. The van der Waals surface area contributed by atoms with Crippen LogP contribution in [0.5, 0.6) is 0 Å². The smallest absolute Gasteiger partial charge is 0.368 e. The molecule has 0 rings (SSSR count). The molecule has 1 nitrogen and oxygen atoms in total. The van der Waals surface area contributed by atoms with Gasteiger partial charge in [0.05, 0.1) is 0 Å². The van der Waals surface area contributed by atoms with Crippen LogP contribution in [0.1, 0.15) is 19.8 Å². The van der Waals surface area contributed by atoms with Crippen molar-refractivity contribution in [2.45, 2.75) is 31.9 Å². The van der Waals surface area contributed by atoms with Crippen molar-refractivity contribution >= 4 is 0 Å². The Balaban J connectivity index is 4.39. The molecule has 0 atom stereocenters. The molecule has 0 amide bonds. The van der Waals surface area contributed by atoms with E-state index in [9.17, 15) is 22.0 Å². The standard InChI is InChI=1S/C11H14F5N/c1-3-9(6-8-17-4-2)5-7-10(12,13)11(14,15)16/h3-4,6,8,17H,2,5,7H2,1H3/b8-6-,9-3-. The van der Waals surface area contributed by atoms with Crippen molar-refractivity contribution < 1.29 is 22.0 Å². The summed E-state index contributed by atoms with van der Waals surface area (Å²) >= 11 is 0. The van der Waals surface area contributed by atoms with Crippen LogP contribution in [0.25, 0.3) is 0 Å². The van der Waals surface area contributed by atoms with Crippen molar-refractivity contribution in [2.75, 3.05) is 0 Å². The second-order valence-corrected chi connectivity index (χ2v) is 3.27. The summed E-state index contributed by atoms with van der Waals surface area (Å²) in [5.41, 5.74) is 0.392. The van der Waals surface area contributed by atoms with E-state index in [1.807, 2.05) is 0 Å². The molecule has 0 aromatic carbocycles. The van der Waals surface area contributed by atoms with Gasteiger partial charge in [0.15, 0.2) is 0 Å². The quantitative estimate of drug-likeness (QED) is 0.555. The van der Waals surface area contributed by atoms with Gasteiger partial charge in [-0.05, 0) is 25.6 Å². The topological polar surface area (TPSA) is 12.0 Å². The zero-order valence-corrected chi connectivity index (χ0v) is 9.32. The van der Waals surface area contributed by atoms with Crippen LogP contribution in [0, 0.1) is 0 Å². The molecule has 0 saturated carbocycles. The lowest BCUT2D eigenvalue weighted by molar-refractivity contribution is -0.284. The van der Waals surface area contributed by atoms with Gasteiger partial charge in [0.2, 0.25) is 0 Å². The third-order valence-electron chi connectivity index (χ3n) is 2.02. The fourth-order valence-corrected chi connectivity index (χ4v) is 0.990. The Morgan fingerprint density at radius 3 is 2.24 bits per heavy atom. The second-order valence-electron chi connectivity index (χ2n) is 3.27. The predicted molar refractivity (Wildman–Crippen MR) is 56.5 cm³/mol. The molecule has 0 bridgehead atoms. The summed E-state index contributed by atoms with van der Waals surface area (Å²) in [6.45, 7) is 4.92. The Bertz CT molecular complexity index is 301. The lowest BCUT2D eigenvalue weighted by Crippen LogP contribution is -2.36. The van der Waals surface area contributed by atoms with Gasteiger partial charge in [-0.2, -0.15) is 22.0 Å². The minimum Gasteiger partial charge on any atom is -0.368 e. The van der Waals surface area contributed by atoms with Crippen molar-refractivity contribution in [2.24, 2.45) is 0 Å². The summed E-state index contributed by atoms with van der Waals surface area (Å²) in [5, 5.41) is 2.57. The SMILES string of the molecule is C=CN/C=C\C(=C/C)CCC(F)(F)C(F)(F)F. The van der Waals surface area contributed by atoms with Crippen molar-refractivity contribution in [3.8, 4) is 0 Å². The Hall–Kier alpha value is -1.33. The minimum absolute atomic E-state index is 0.349. The summed E-state index contributed by atoms with van der Waals surface area (Å²) < 4.78 is 60.9. The summed E-state index contributed by atoms with van der Waals surface area (Å²) in [6, 6.07) is 0. The highest BCUT2D eigenvalue weighted by atomic mass is 19.4. The molecule has 98 valence electrons. The number of hydrogen-bond donors (Lipinski definition) is 1. The van der Waals surface area contributed by atoms with Gasteiger partial charge in [0, 0.05) is 12.6 Å². The van der Waals surface area contributed by atoms with Crippen LogP contribution in [0.2, 0.25) is 0 Å². The summed E-state index contributed by atoms with van der Waals surface area (Å²) in [6.07, 6.45) is -1.42. The molecule has 0 saturated heterocycles. The van der Waals surface area contributed by atoms with Gasteiger partial charge in [-0.3, -0.25) is 0 Å². The fourth-order valence-electron chi connectivity index (χ4n) is 0.990. The van der Waals surface area contributed by atoms with E-state index in [2.05, 4.69) is 11.9 Å². The van der Waals surface area contributed by atoms with Crippen LogP contribution in [0.3, 0.4) is 0 Å². The van der Waals surface area contributed by atoms with E-state index in [1.54, 1.807) is 6.92 Å². The predicted octanol–water partition coefficient (Wildman–Crippen LogP) is 4.16. The maximum atomic E-state index is 12.6. The number of allylic oxidation sites excluding steroid dienone is 3. The molecule has 0 spiro atoms. The average Bonchev–Trinajstić information content (AvgIpc) is 2.21. The summed E-state index contributed by atoms with van der Waals surface area (Å²) in [5.74, 6) is -4.65. The molecule has 0 aliphatic carbocycles. The Morgan fingerprint density at radius 2 is 1.82 bits per heavy atom. The van der Waals surface area contributed by atoms with E-state index in [0.29, 0.717) is 5.57 Å². The van der Waals surface area contributed by atoms with Crippen LogP contribution >= 0.6 is 0 Å². The first kappa shape index (κ1) is 15.7. The molecular weight excluding hydrogens is 241 g/mol. The zero-order valence-electron chi connectivity index (χ0n) is 9.32. The first-order valence-electron chi connectivity index (χ1n) is 4.88. The monoisotopic (exact) mass is 255 g/mol. The molecule has 17 heavy (non-hydrogen) atoms. The third-order valence-corrected chi connectivity index (χ3v) is 2.02. The van der Waals surface area contributed by atoms with Crippen molar-refractivity contribution in [3.63, 3.8) is 0 Å². The normalized spacial score (nSPS) is 14.1. The summed E-state index contributed by atoms with van der Waals surface area (Å²) in [4.78, 5) is 0. The zero-order chi connectivity index (χ0) is 13.5. The summed E-state index contributed by atoms with van der Waals surface area (Å²) in [7, 11) is 0. The van der Waals surface area contributed by atoms with Crippen LogP contribution < -0.4 is 5.32 Å². The number of nitrogens with one attached hydrogen (secondary N) is 1. The van der Waals surface area contributed by atoms with E-state index < -0.39 is 18.5 Å². The van der Waals surface area contributed by atoms with Crippen molar-refractivity contribution in [3.05, 3.63) is 36.7 Å². The second kappa shape index (κ2) is 6.42. The van der Waals surface area contributed by atoms with Gasteiger partial charge in [-0.15, -0.1) is 0 Å². The largest absolute Gasteiger partial charge is 0.453 e. The Labute approximate surface area is 96.7 Å². The highest BCUT2D eigenvalue weighted by Gasteiger charge is 2.56. The minimum atomic E-state index is -5.49. The number of hydrogen-bond acceptors (Lipinski definition) is 1. The fraction of sp³-hybridized carbons (Fsp3) is 0.455. The van der Waals surface area contributed by atoms with Gasteiger partial charge < -0.3 is 5.32 Å². The number of rotatable bonds is 6. The third kappa shape index (κ3) is 5.51. The maximum absolute atomic E-state index is 12.6. The van der Waals surface area contributed by atoms with Gasteiger partial charge in [-0.1, -0.05) is 18.2 Å². The molecule has 0 radical (unpaired) electrons. The van der Waals surface area contributed by atoms with Crippen LogP contribution in [-0.2, 0) is 0 Å². The van der Waals surface area contributed by atoms with E-state index in [-0.39, 0.29) is 6.42 Å². The molecule has 0 aromatic heterocycles. The molecule has 0 aliphatic rings. The average molecular weight is 255 g/mol. The highest BCUT2D eigenvalue weighted by Crippen LogP contribution is 2.39. The van der Waals surface area contributed by atoms with E-state index in [0.717, 1.165) is 0 Å². The number of halogens is 5. The Kier molecular flexibility index (Phi) is 5.91. The molecule has 0 aliphatic heterocycles. The van der Waals surface area contributed by atoms with E-state index >= 15 is 0 Å². The Morgan fingerprint density at radius 1 is 1.24 bits per heavy atom. The van der Waals surface area contributed by atoms with Gasteiger partial charge in [0.1, 0.15) is 0 Å². The molecule has 6 heteroatoms. The first-order valence-corrected chi connectivity index (χ1v) is 4.88. The molecule has 1 N–H and O–H groups in total. The van der Waals surface area contributed by atoms with Crippen molar-refractivity contribution in [1.82, 2.24) is 5.32 Å². The van der Waals surface area contributed by atoms with Crippen molar-refractivity contribution in [1.29, 1.82) is 0 Å². The molecule has 0 fully saturated rings. The van der Waals surface area contributed by atoms with Crippen LogP contribution in [-0.4, -0.2) is 12.1 Å². The van der Waals surface area contributed by atoms with Gasteiger partial charge in [0.25, 0.3) is 0 Å². The maximum Gasteiger partial charge on any atom is 0.453 e. The lowest BCUT2D eigenvalue weighted by atomic mass is 10.1.